The fourth-order valence-corrected chi connectivity index (χ4v) is 7.17. The summed E-state index contributed by atoms with van der Waals surface area (Å²) >= 11 is 0. The lowest BCUT2D eigenvalue weighted by molar-refractivity contribution is -0.445. The van der Waals surface area contributed by atoms with Crippen molar-refractivity contribution in [1.29, 1.82) is 0 Å². The Morgan fingerprint density at radius 2 is 1.77 bits per heavy atom. The van der Waals surface area contributed by atoms with Gasteiger partial charge in [-0.2, -0.15) is 0 Å². The summed E-state index contributed by atoms with van der Waals surface area (Å²) in [5, 5.41) is 0. The van der Waals surface area contributed by atoms with Crippen molar-refractivity contribution in [2.24, 2.45) is 29.1 Å². The van der Waals surface area contributed by atoms with E-state index in [4.69, 9.17) is 23.8 Å². The molecule has 142 valence electrons. The van der Waals surface area contributed by atoms with Crippen LogP contribution in [0.1, 0.15) is 37.7 Å². The zero-order valence-corrected chi connectivity index (χ0v) is 15.7. The average Bonchev–Trinajstić information content (AvgIpc) is 2.53. The minimum absolute atomic E-state index is 0.0318. The van der Waals surface area contributed by atoms with Crippen molar-refractivity contribution in [2.75, 3.05) is 13.7 Å². The molecule has 6 rings (SSSR count). The zero-order chi connectivity index (χ0) is 18.2. The van der Waals surface area contributed by atoms with Gasteiger partial charge in [0, 0.05) is 12.7 Å². The summed E-state index contributed by atoms with van der Waals surface area (Å²) in [6, 6.07) is 6.87. The van der Waals surface area contributed by atoms with E-state index in [1.165, 1.54) is 32.1 Å². The van der Waals surface area contributed by atoms with Gasteiger partial charge in [0.15, 0.2) is 0 Å². The van der Waals surface area contributed by atoms with Crippen molar-refractivity contribution in [3.63, 3.8) is 0 Å². The third-order valence-corrected chi connectivity index (χ3v) is 7.90. The molecule has 1 aromatic carbocycles. The maximum Gasteiger partial charge on any atom is 0.524 e. The molecule has 1 aliphatic heterocycles. The van der Waals surface area contributed by atoms with Crippen LogP contribution in [0.5, 0.6) is 5.75 Å². The minimum Gasteiger partial charge on any atom is -0.404 e. The van der Waals surface area contributed by atoms with Crippen molar-refractivity contribution < 1.29 is 28.3 Å². The molecule has 4 bridgehead atoms. The fourth-order valence-electron chi connectivity index (χ4n) is 6.78. The van der Waals surface area contributed by atoms with Gasteiger partial charge in [-0.15, -0.1) is 0 Å². The summed E-state index contributed by atoms with van der Waals surface area (Å²) in [5.41, 5.74) is 0.764. The lowest BCUT2D eigenvalue weighted by Crippen LogP contribution is -2.72. The molecule has 1 spiro atoms. The van der Waals surface area contributed by atoms with Crippen LogP contribution in [-0.4, -0.2) is 23.5 Å². The summed E-state index contributed by atoms with van der Waals surface area (Å²) in [4.78, 5) is 18.3. The molecule has 1 aromatic rings. The van der Waals surface area contributed by atoms with Crippen LogP contribution in [0.4, 0.5) is 0 Å². The van der Waals surface area contributed by atoms with Gasteiger partial charge in [0.1, 0.15) is 5.75 Å². The first-order valence-electron chi connectivity index (χ1n) is 9.41. The lowest BCUT2D eigenvalue weighted by Gasteiger charge is -2.71. The van der Waals surface area contributed by atoms with Crippen LogP contribution >= 0.6 is 7.82 Å². The number of ether oxygens (including phenoxy) is 2. The predicted octanol–water partition coefficient (Wildman–Crippen LogP) is 3.43. The molecule has 1 atom stereocenters. The highest BCUT2D eigenvalue weighted by Crippen LogP contribution is 2.72. The Balaban J connectivity index is 1.55. The molecule has 0 aromatic heterocycles. The van der Waals surface area contributed by atoms with Crippen molar-refractivity contribution in [3.05, 3.63) is 29.8 Å². The Morgan fingerprint density at radius 1 is 1.12 bits per heavy atom. The molecule has 1 unspecified atom stereocenters. The van der Waals surface area contributed by atoms with Gasteiger partial charge in [0.2, 0.25) is 5.79 Å². The number of rotatable bonds is 4. The first-order valence-corrected chi connectivity index (χ1v) is 10.9. The van der Waals surface area contributed by atoms with Gasteiger partial charge in [-0.25, -0.2) is 4.57 Å². The molecular weight excluding hydrogens is 355 g/mol. The smallest absolute Gasteiger partial charge is 0.404 e. The number of phosphoric acid groups is 1. The highest BCUT2D eigenvalue weighted by Gasteiger charge is 2.73. The molecule has 5 aliphatic rings. The minimum atomic E-state index is -4.60. The monoisotopic (exact) mass is 380 g/mol. The second-order valence-electron chi connectivity index (χ2n) is 8.56. The standard InChI is InChI=1S/C19H25O6P/c1-23-19(14-3-2-4-17(10-14)25-26(20,21)22)18(11-24-19)15-6-12-5-13(8-15)9-16(18)7-12/h2-4,10,12-13,15-16H,5-9,11H2,1H3,(H2,20,21,22). The van der Waals surface area contributed by atoms with Gasteiger partial charge in [0.05, 0.1) is 12.0 Å². The second kappa shape index (κ2) is 5.55. The number of benzene rings is 1. The Hall–Kier alpha value is -0.910. The molecule has 26 heavy (non-hydrogen) atoms. The second-order valence-corrected chi connectivity index (χ2v) is 9.73. The number of hydrogen-bond donors (Lipinski definition) is 2. The molecule has 0 radical (unpaired) electrons. The normalized spacial score (nSPS) is 43.5. The maximum atomic E-state index is 11.2. The predicted molar refractivity (Wildman–Crippen MR) is 93.2 cm³/mol. The van der Waals surface area contributed by atoms with Gasteiger partial charge >= 0.3 is 7.82 Å². The van der Waals surface area contributed by atoms with Crippen LogP contribution in [0.15, 0.2) is 24.3 Å². The topological polar surface area (TPSA) is 85.2 Å². The SMILES string of the molecule is COC1(c2cccc(OP(=O)(O)O)c2)OCC12C1CC3CC(C1)CC2C3. The highest BCUT2D eigenvalue weighted by atomic mass is 31.2. The molecule has 0 amide bonds. The largest absolute Gasteiger partial charge is 0.524 e. The van der Waals surface area contributed by atoms with Crippen LogP contribution in [0, 0.1) is 29.1 Å². The molecule has 4 aliphatic carbocycles. The van der Waals surface area contributed by atoms with Crippen LogP contribution < -0.4 is 4.52 Å². The van der Waals surface area contributed by atoms with Crippen LogP contribution in [0.2, 0.25) is 0 Å². The number of hydrogen-bond acceptors (Lipinski definition) is 4. The maximum absolute atomic E-state index is 11.2. The molecule has 4 saturated carbocycles. The molecule has 7 heteroatoms. The van der Waals surface area contributed by atoms with E-state index < -0.39 is 13.6 Å². The molecule has 1 saturated heterocycles. The number of phosphoric ester groups is 1. The van der Waals surface area contributed by atoms with Crippen molar-refractivity contribution in [3.8, 4) is 5.75 Å². The summed E-state index contributed by atoms with van der Waals surface area (Å²) in [5.74, 6) is 2.19. The first-order chi connectivity index (χ1) is 12.4. The van der Waals surface area contributed by atoms with Gasteiger partial charge in [-0.1, -0.05) is 12.1 Å². The van der Waals surface area contributed by atoms with Crippen molar-refractivity contribution >= 4 is 7.82 Å². The summed E-state index contributed by atoms with van der Waals surface area (Å²) in [7, 11) is -2.92. The van der Waals surface area contributed by atoms with Crippen LogP contribution in [0.25, 0.3) is 0 Å². The van der Waals surface area contributed by atoms with Crippen LogP contribution in [0.3, 0.4) is 0 Å². The Bertz CT molecular complexity index is 741. The molecule has 6 nitrogen and oxygen atoms in total. The van der Waals surface area contributed by atoms with Gasteiger partial charge < -0.3 is 14.0 Å². The quantitative estimate of drug-likeness (QED) is 0.779. The number of methoxy groups -OCH3 is 1. The van der Waals surface area contributed by atoms with Gasteiger partial charge in [-0.05, 0) is 67.9 Å². The average molecular weight is 380 g/mol. The van der Waals surface area contributed by atoms with E-state index in [0.29, 0.717) is 18.4 Å². The highest BCUT2D eigenvalue weighted by molar-refractivity contribution is 7.46. The lowest BCUT2D eigenvalue weighted by atomic mass is 9.41. The third-order valence-electron chi connectivity index (χ3n) is 7.45. The van der Waals surface area contributed by atoms with E-state index in [-0.39, 0.29) is 11.2 Å². The van der Waals surface area contributed by atoms with Gasteiger partial charge in [-0.3, -0.25) is 9.79 Å². The third kappa shape index (κ3) is 2.23. The Kier molecular flexibility index (Phi) is 3.68. The van der Waals surface area contributed by atoms with Crippen molar-refractivity contribution in [1.82, 2.24) is 0 Å². The van der Waals surface area contributed by atoms with E-state index in [1.807, 2.05) is 6.07 Å². The zero-order valence-electron chi connectivity index (χ0n) is 14.8. The molecule has 1 heterocycles. The first kappa shape index (κ1) is 17.2. The van der Waals surface area contributed by atoms with E-state index in [0.717, 1.165) is 17.4 Å². The molecule has 5 fully saturated rings. The molecule has 2 N–H and O–H groups in total. The van der Waals surface area contributed by atoms with E-state index in [9.17, 15) is 4.57 Å². The van der Waals surface area contributed by atoms with Crippen molar-refractivity contribution in [2.45, 2.75) is 37.9 Å². The van der Waals surface area contributed by atoms with E-state index >= 15 is 0 Å². The Morgan fingerprint density at radius 3 is 2.27 bits per heavy atom. The van der Waals surface area contributed by atoms with Gasteiger partial charge in [0.25, 0.3) is 0 Å². The summed E-state index contributed by atoms with van der Waals surface area (Å²) in [6.45, 7) is 0.708. The summed E-state index contributed by atoms with van der Waals surface area (Å²) in [6.07, 6.45) is 6.39. The van der Waals surface area contributed by atoms with E-state index in [1.54, 1.807) is 25.3 Å². The van der Waals surface area contributed by atoms with E-state index in [2.05, 4.69) is 0 Å². The fraction of sp³-hybridized carbons (Fsp3) is 0.684. The Labute approximate surface area is 153 Å². The molecular formula is C19H25O6P. The van der Waals surface area contributed by atoms with Crippen LogP contribution in [-0.2, 0) is 19.8 Å². The summed E-state index contributed by atoms with van der Waals surface area (Å²) < 4.78 is 28.2.